The molecule has 2 bridgehead atoms. The quantitative estimate of drug-likeness (QED) is 0.325. The summed E-state index contributed by atoms with van der Waals surface area (Å²) < 4.78 is 45.0. The van der Waals surface area contributed by atoms with E-state index < -0.39 is 34.2 Å². The summed E-state index contributed by atoms with van der Waals surface area (Å²) in [6, 6.07) is 22.5. The van der Waals surface area contributed by atoms with Gasteiger partial charge in [0, 0.05) is 13.1 Å². The molecule has 4 aliphatic rings. The number of nitrogens with one attached hydrogen (secondary N) is 1. The molecule has 7 rings (SSSR count). The van der Waals surface area contributed by atoms with Crippen LogP contribution in [0.5, 0.6) is 5.75 Å². The number of methoxy groups -OCH3 is 1. The highest BCUT2D eigenvalue weighted by Gasteiger charge is 2.40. The average Bonchev–Trinajstić information content (AvgIpc) is 3.59. The van der Waals surface area contributed by atoms with Crippen molar-refractivity contribution in [3.63, 3.8) is 0 Å². The third-order valence-corrected chi connectivity index (χ3v) is 10.9. The van der Waals surface area contributed by atoms with Crippen molar-refractivity contribution in [1.29, 1.82) is 0 Å². The smallest absolute Gasteiger partial charge is 0.408 e. The Balaban J connectivity index is 1.15. The number of hydrogen-bond donors (Lipinski definition) is 1. The van der Waals surface area contributed by atoms with Crippen LogP contribution in [0.15, 0.2) is 83.8 Å². The van der Waals surface area contributed by atoms with Gasteiger partial charge in [-0.1, -0.05) is 54.6 Å². The number of carbonyl (C=O) groups excluding carboxylic acids is 2. The maximum atomic E-state index is 13.4. The molecule has 4 heterocycles. The molecule has 4 saturated heterocycles. The number of piperidine rings is 3. The maximum Gasteiger partial charge on any atom is 0.408 e. The molecule has 4 fully saturated rings. The van der Waals surface area contributed by atoms with Crippen LogP contribution in [0.1, 0.15) is 48.4 Å². The third-order valence-electron chi connectivity index (χ3n) is 9.03. The number of rotatable bonds is 10. The first-order valence-electron chi connectivity index (χ1n) is 15.5. The van der Waals surface area contributed by atoms with Gasteiger partial charge in [-0.2, -0.15) is 4.31 Å². The Morgan fingerprint density at radius 1 is 0.911 bits per heavy atom. The van der Waals surface area contributed by atoms with E-state index in [1.165, 1.54) is 17.5 Å². The largest absolute Gasteiger partial charge is 0.489 e. The van der Waals surface area contributed by atoms with Gasteiger partial charge in [0.2, 0.25) is 10.0 Å². The van der Waals surface area contributed by atoms with E-state index >= 15 is 0 Å². The number of esters is 1. The van der Waals surface area contributed by atoms with Gasteiger partial charge in [0.15, 0.2) is 0 Å². The van der Waals surface area contributed by atoms with Crippen LogP contribution < -0.4 is 10.1 Å². The highest BCUT2D eigenvalue weighted by Crippen LogP contribution is 2.31. The summed E-state index contributed by atoms with van der Waals surface area (Å²) in [6.07, 6.45) is 2.59. The summed E-state index contributed by atoms with van der Waals surface area (Å²) in [6.45, 7) is 3.31. The zero-order chi connectivity index (χ0) is 31.4. The fraction of sp³-hybridized carbons (Fsp3) is 0.412. The first kappa shape index (κ1) is 31.1. The number of amides is 1. The second-order valence-corrected chi connectivity index (χ2v) is 13.8. The monoisotopic (exact) mass is 633 g/mol. The fourth-order valence-electron chi connectivity index (χ4n) is 6.62. The van der Waals surface area contributed by atoms with Gasteiger partial charge in [0.1, 0.15) is 24.5 Å². The van der Waals surface area contributed by atoms with Crippen molar-refractivity contribution in [2.24, 2.45) is 5.92 Å². The Labute approximate surface area is 264 Å². The van der Waals surface area contributed by atoms with Crippen LogP contribution in [0.4, 0.5) is 4.79 Å². The average molecular weight is 634 g/mol. The summed E-state index contributed by atoms with van der Waals surface area (Å²) in [5.41, 5.74) is 2.39. The summed E-state index contributed by atoms with van der Waals surface area (Å²) in [5.74, 6) is 0.427. The van der Waals surface area contributed by atoms with Crippen LogP contribution in [-0.4, -0.2) is 75.1 Å². The van der Waals surface area contributed by atoms with Crippen LogP contribution in [-0.2, 0) is 30.9 Å². The molecule has 1 amide bonds. The van der Waals surface area contributed by atoms with Gasteiger partial charge >= 0.3 is 12.1 Å². The standard InChI is InChI=1S/C34H39N3O7S/c1-42-33(38)30-14-7-17-37(30)45(40,41)29-13-5-8-24(20-29)23-43-28-12-6-11-27(21-28)32(26-9-3-2-4-10-26)35-34(39)44-31-22-36-18-15-25(31)16-19-36/h2-6,8-13,20-21,25,30-32H,7,14-19,22-23H2,1H3,(H,35,39)/t30-,31-,32-/m0/s1. The number of ether oxygens (including phenoxy) is 3. The van der Waals surface area contributed by atoms with E-state index in [4.69, 9.17) is 14.2 Å². The number of alkyl carbamates (subject to hydrolysis) is 1. The molecule has 238 valence electrons. The van der Waals surface area contributed by atoms with Gasteiger partial charge in [0.25, 0.3) is 0 Å². The molecule has 45 heavy (non-hydrogen) atoms. The molecule has 0 aromatic heterocycles. The number of nitrogens with zero attached hydrogens (tertiary/aromatic N) is 2. The summed E-state index contributed by atoms with van der Waals surface area (Å²) in [7, 11) is -2.64. The normalized spacial score (nSPS) is 23.7. The third kappa shape index (κ3) is 7.00. The molecule has 3 aromatic rings. The van der Waals surface area contributed by atoms with Crippen LogP contribution >= 0.6 is 0 Å². The maximum absolute atomic E-state index is 13.4. The topological polar surface area (TPSA) is 114 Å². The number of hydrogen-bond acceptors (Lipinski definition) is 8. The van der Waals surface area contributed by atoms with Gasteiger partial charge in [-0.05, 0) is 85.6 Å². The van der Waals surface area contributed by atoms with Gasteiger partial charge in [-0.3, -0.25) is 9.69 Å². The van der Waals surface area contributed by atoms with Crippen LogP contribution in [0.2, 0.25) is 0 Å². The zero-order valence-corrected chi connectivity index (χ0v) is 26.2. The lowest BCUT2D eigenvalue weighted by molar-refractivity contribution is -0.144. The van der Waals surface area contributed by atoms with Crippen molar-refractivity contribution < 1.29 is 32.2 Å². The number of fused-ring (bicyclic) bond motifs is 3. The van der Waals surface area contributed by atoms with Gasteiger partial charge in [-0.15, -0.1) is 0 Å². The second kappa shape index (κ2) is 13.6. The molecule has 3 aromatic carbocycles. The minimum Gasteiger partial charge on any atom is -0.489 e. The minimum absolute atomic E-state index is 0.1000. The Hall–Kier alpha value is -3.93. The molecule has 0 aliphatic carbocycles. The predicted molar refractivity (Wildman–Crippen MR) is 167 cm³/mol. The Morgan fingerprint density at radius 2 is 1.67 bits per heavy atom. The van der Waals surface area contributed by atoms with Crippen molar-refractivity contribution >= 4 is 22.1 Å². The highest BCUT2D eigenvalue weighted by atomic mass is 32.2. The molecular weight excluding hydrogens is 594 g/mol. The first-order valence-corrected chi connectivity index (χ1v) is 16.9. The van der Waals surface area contributed by atoms with E-state index in [0.29, 0.717) is 30.1 Å². The molecule has 0 unspecified atom stereocenters. The summed E-state index contributed by atoms with van der Waals surface area (Å²) in [5, 5.41) is 3.08. The highest BCUT2D eigenvalue weighted by molar-refractivity contribution is 7.89. The first-order chi connectivity index (χ1) is 21.8. The zero-order valence-electron chi connectivity index (χ0n) is 25.3. The summed E-state index contributed by atoms with van der Waals surface area (Å²) in [4.78, 5) is 27.8. The molecule has 11 heteroatoms. The Kier molecular flexibility index (Phi) is 9.39. The van der Waals surface area contributed by atoms with Gasteiger partial charge in [-0.25, -0.2) is 13.2 Å². The lowest BCUT2D eigenvalue weighted by Crippen LogP contribution is -2.52. The van der Waals surface area contributed by atoms with Crippen molar-refractivity contribution in [3.8, 4) is 5.75 Å². The lowest BCUT2D eigenvalue weighted by atomic mass is 9.86. The molecule has 4 aliphatic heterocycles. The lowest BCUT2D eigenvalue weighted by Gasteiger charge is -2.43. The minimum atomic E-state index is -3.90. The fourth-order valence-corrected chi connectivity index (χ4v) is 8.34. The Bertz CT molecular complexity index is 1610. The second-order valence-electron chi connectivity index (χ2n) is 11.9. The van der Waals surface area contributed by atoms with Crippen LogP contribution in [0.25, 0.3) is 0 Å². The Morgan fingerprint density at radius 3 is 2.40 bits per heavy atom. The number of benzene rings is 3. The van der Waals surface area contributed by atoms with E-state index in [9.17, 15) is 18.0 Å². The molecule has 10 nitrogen and oxygen atoms in total. The van der Waals surface area contributed by atoms with E-state index in [-0.39, 0.29) is 24.2 Å². The summed E-state index contributed by atoms with van der Waals surface area (Å²) >= 11 is 0. The predicted octanol–water partition coefficient (Wildman–Crippen LogP) is 4.50. The number of sulfonamides is 1. The van der Waals surface area contributed by atoms with Gasteiger partial charge < -0.3 is 19.5 Å². The van der Waals surface area contributed by atoms with E-state index in [2.05, 4.69) is 10.2 Å². The molecule has 1 N–H and O–H groups in total. The molecular formula is C34H39N3O7S. The molecule has 3 atom stereocenters. The van der Waals surface area contributed by atoms with Crippen molar-refractivity contribution in [2.45, 2.75) is 55.4 Å². The van der Waals surface area contributed by atoms with E-state index in [1.807, 2.05) is 54.6 Å². The van der Waals surface area contributed by atoms with Gasteiger partial charge in [0.05, 0.1) is 18.0 Å². The van der Waals surface area contributed by atoms with Crippen LogP contribution in [0, 0.1) is 5.92 Å². The van der Waals surface area contributed by atoms with E-state index in [0.717, 1.165) is 43.6 Å². The SMILES string of the molecule is COC(=O)[C@@H]1CCCN1S(=O)(=O)c1cccc(COc2cccc([C@@H](NC(=O)O[C@H]3CN4CCC3CC4)c3ccccc3)c2)c1. The van der Waals surface area contributed by atoms with Crippen LogP contribution in [0.3, 0.4) is 0 Å². The molecule has 0 saturated carbocycles. The molecule has 0 radical (unpaired) electrons. The number of carbonyl (C=O) groups is 2. The van der Waals surface area contributed by atoms with Crippen molar-refractivity contribution in [1.82, 2.24) is 14.5 Å². The van der Waals surface area contributed by atoms with Crippen molar-refractivity contribution in [3.05, 3.63) is 95.6 Å². The van der Waals surface area contributed by atoms with Crippen molar-refractivity contribution in [2.75, 3.05) is 33.3 Å². The van der Waals surface area contributed by atoms with E-state index in [1.54, 1.807) is 18.2 Å². The molecule has 0 spiro atoms.